The molecule has 5 nitrogen and oxygen atoms in total. The Morgan fingerprint density at radius 1 is 1.14 bits per heavy atom. The van der Waals surface area contributed by atoms with E-state index >= 15 is 0 Å². The van der Waals surface area contributed by atoms with E-state index in [0.717, 1.165) is 5.56 Å². The molecule has 0 aromatic heterocycles. The Labute approximate surface area is 133 Å². The van der Waals surface area contributed by atoms with Gasteiger partial charge in [0.1, 0.15) is 4.90 Å². The second-order valence-corrected chi connectivity index (χ2v) is 6.83. The third kappa shape index (κ3) is 3.08. The van der Waals surface area contributed by atoms with Gasteiger partial charge in [0.25, 0.3) is 10.0 Å². The maximum absolute atomic E-state index is 12.5. The van der Waals surface area contributed by atoms with Crippen molar-refractivity contribution in [1.82, 2.24) is 0 Å². The number of sulfonamides is 1. The Bertz CT molecular complexity index is 847. The summed E-state index contributed by atoms with van der Waals surface area (Å²) >= 11 is 5.91. The zero-order valence-electron chi connectivity index (χ0n) is 11.9. The molecule has 2 aromatic carbocycles. The summed E-state index contributed by atoms with van der Waals surface area (Å²) in [5.74, 6) is -1.21. The first-order valence-electron chi connectivity index (χ1n) is 6.35. The van der Waals surface area contributed by atoms with Gasteiger partial charge in [-0.15, -0.1) is 0 Å². The van der Waals surface area contributed by atoms with E-state index in [1.54, 1.807) is 32.0 Å². The summed E-state index contributed by atoms with van der Waals surface area (Å²) in [5, 5.41) is 9.31. The lowest BCUT2D eigenvalue weighted by atomic mass is 10.0. The van der Waals surface area contributed by atoms with Crippen LogP contribution in [-0.2, 0) is 10.0 Å². The van der Waals surface area contributed by atoms with Crippen molar-refractivity contribution in [2.75, 3.05) is 4.72 Å². The van der Waals surface area contributed by atoms with Gasteiger partial charge in [0.15, 0.2) is 0 Å². The number of nitrogens with one attached hydrogen (secondary N) is 1. The molecule has 0 aliphatic heterocycles. The number of benzene rings is 2. The Balaban J connectivity index is 2.58. The highest BCUT2D eigenvalue weighted by Gasteiger charge is 2.22. The number of aromatic carboxylic acids is 1. The third-order valence-corrected chi connectivity index (χ3v) is 5.18. The van der Waals surface area contributed by atoms with Crippen molar-refractivity contribution in [3.05, 3.63) is 58.1 Å². The second-order valence-electron chi connectivity index (χ2n) is 4.77. The summed E-state index contributed by atoms with van der Waals surface area (Å²) in [7, 11) is -3.98. The zero-order valence-corrected chi connectivity index (χ0v) is 13.5. The van der Waals surface area contributed by atoms with E-state index in [4.69, 9.17) is 11.6 Å². The largest absolute Gasteiger partial charge is 0.478 e. The third-order valence-electron chi connectivity index (χ3n) is 3.33. The van der Waals surface area contributed by atoms with Crippen molar-refractivity contribution in [2.24, 2.45) is 0 Å². The monoisotopic (exact) mass is 339 g/mol. The first-order chi connectivity index (χ1) is 10.2. The minimum absolute atomic E-state index is 0.0485. The predicted molar refractivity (Wildman–Crippen MR) is 85.1 cm³/mol. The lowest BCUT2D eigenvalue weighted by Crippen LogP contribution is -2.17. The molecule has 0 aliphatic carbocycles. The SMILES string of the molecule is Cc1ccc(C(=O)O)c(NS(=O)(=O)c2ccccc2Cl)c1C. The molecule has 2 aromatic rings. The molecule has 0 atom stereocenters. The first-order valence-corrected chi connectivity index (χ1v) is 8.21. The second kappa shape index (κ2) is 5.98. The molecule has 2 N–H and O–H groups in total. The highest BCUT2D eigenvalue weighted by Crippen LogP contribution is 2.29. The number of aryl methyl sites for hydroxylation is 1. The van der Waals surface area contributed by atoms with Crippen LogP contribution in [-0.4, -0.2) is 19.5 Å². The Morgan fingerprint density at radius 2 is 1.77 bits per heavy atom. The molecule has 0 fully saturated rings. The van der Waals surface area contributed by atoms with Crippen molar-refractivity contribution in [3.8, 4) is 0 Å². The van der Waals surface area contributed by atoms with Crippen molar-refractivity contribution in [1.29, 1.82) is 0 Å². The summed E-state index contributed by atoms with van der Waals surface area (Å²) in [6, 6.07) is 8.97. The quantitative estimate of drug-likeness (QED) is 0.893. The van der Waals surface area contributed by atoms with E-state index in [1.807, 2.05) is 0 Å². The number of hydrogen-bond donors (Lipinski definition) is 2. The van der Waals surface area contributed by atoms with Crippen molar-refractivity contribution in [3.63, 3.8) is 0 Å². The molecule has 0 heterocycles. The van der Waals surface area contributed by atoms with Crippen molar-refractivity contribution in [2.45, 2.75) is 18.7 Å². The van der Waals surface area contributed by atoms with Crippen molar-refractivity contribution >= 4 is 33.3 Å². The molecule has 0 bridgehead atoms. The van der Waals surface area contributed by atoms with Crippen LogP contribution in [0, 0.1) is 13.8 Å². The van der Waals surface area contributed by atoms with Gasteiger partial charge in [-0.05, 0) is 43.2 Å². The summed E-state index contributed by atoms with van der Waals surface area (Å²) < 4.78 is 27.3. The van der Waals surface area contributed by atoms with Crippen LogP contribution in [0.4, 0.5) is 5.69 Å². The molecule has 116 valence electrons. The van der Waals surface area contributed by atoms with E-state index in [2.05, 4.69) is 4.72 Å². The summed E-state index contributed by atoms with van der Waals surface area (Å²) in [5.41, 5.74) is 1.27. The molecule has 2 rings (SSSR count). The Hall–Kier alpha value is -2.05. The molecule has 0 amide bonds. The fourth-order valence-electron chi connectivity index (χ4n) is 1.98. The number of halogens is 1. The summed E-state index contributed by atoms with van der Waals surface area (Å²) in [6.45, 7) is 3.43. The van der Waals surface area contributed by atoms with Gasteiger partial charge in [-0.1, -0.05) is 29.8 Å². The standard InChI is InChI=1S/C15H14ClNO4S/c1-9-7-8-11(15(18)19)14(10(9)2)17-22(20,21)13-6-4-3-5-12(13)16/h3-8,17H,1-2H3,(H,18,19). The lowest BCUT2D eigenvalue weighted by molar-refractivity contribution is 0.0698. The van der Waals surface area contributed by atoms with E-state index in [0.29, 0.717) is 5.56 Å². The van der Waals surface area contributed by atoms with Crippen LogP contribution < -0.4 is 4.72 Å². The summed E-state index contributed by atoms with van der Waals surface area (Å²) in [4.78, 5) is 11.2. The van der Waals surface area contributed by atoms with Gasteiger partial charge in [-0.25, -0.2) is 13.2 Å². The first kappa shape index (κ1) is 16.3. The smallest absolute Gasteiger partial charge is 0.337 e. The lowest BCUT2D eigenvalue weighted by Gasteiger charge is -2.15. The van der Waals surface area contributed by atoms with Gasteiger partial charge >= 0.3 is 5.97 Å². The minimum Gasteiger partial charge on any atom is -0.478 e. The van der Waals surface area contributed by atoms with Crippen molar-refractivity contribution < 1.29 is 18.3 Å². The average molecular weight is 340 g/mol. The topological polar surface area (TPSA) is 83.5 Å². The molecule has 0 aliphatic rings. The van der Waals surface area contributed by atoms with Crippen LogP contribution in [0.25, 0.3) is 0 Å². The molecule has 0 radical (unpaired) electrons. The zero-order chi connectivity index (χ0) is 16.5. The van der Waals surface area contributed by atoms with E-state index in [-0.39, 0.29) is 21.2 Å². The van der Waals surface area contributed by atoms with Crippen LogP contribution in [0.5, 0.6) is 0 Å². The average Bonchev–Trinajstić information content (AvgIpc) is 2.43. The fraction of sp³-hybridized carbons (Fsp3) is 0.133. The number of carboxylic acids is 1. The highest BCUT2D eigenvalue weighted by molar-refractivity contribution is 7.92. The number of carbonyl (C=O) groups is 1. The predicted octanol–water partition coefficient (Wildman–Crippen LogP) is 3.46. The van der Waals surface area contributed by atoms with Gasteiger partial charge in [-0.2, -0.15) is 0 Å². The minimum atomic E-state index is -3.98. The normalized spacial score (nSPS) is 11.2. The maximum atomic E-state index is 12.5. The number of anilines is 1. The fourth-order valence-corrected chi connectivity index (χ4v) is 3.64. The van der Waals surface area contributed by atoms with Gasteiger partial charge in [-0.3, -0.25) is 4.72 Å². The van der Waals surface area contributed by atoms with Crippen LogP contribution in [0.1, 0.15) is 21.5 Å². The van der Waals surface area contributed by atoms with Gasteiger partial charge in [0, 0.05) is 0 Å². The van der Waals surface area contributed by atoms with Gasteiger partial charge in [0.05, 0.1) is 16.3 Å². The van der Waals surface area contributed by atoms with E-state index < -0.39 is 16.0 Å². The molecule has 0 saturated heterocycles. The van der Waals surface area contributed by atoms with Crippen LogP contribution >= 0.6 is 11.6 Å². The molecular formula is C15H14ClNO4S. The number of rotatable bonds is 4. The molecule has 0 saturated carbocycles. The highest BCUT2D eigenvalue weighted by atomic mass is 35.5. The van der Waals surface area contributed by atoms with Gasteiger partial charge in [0.2, 0.25) is 0 Å². The maximum Gasteiger partial charge on any atom is 0.337 e. The molecule has 7 heteroatoms. The van der Waals surface area contributed by atoms with Crippen LogP contribution in [0.2, 0.25) is 5.02 Å². The van der Waals surface area contributed by atoms with Gasteiger partial charge < -0.3 is 5.11 Å². The van der Waals surface area contributed by atoms with Crippen LogP contribution in [0.3, 0.4) is 0 Å². The summed E-state index contributed by atoms with van der Waals surface area (Å²) in [6.07, 6.45) is 0. The van der Waals surface area contributed by atoms with E-state index in [9.17, 15) is 18.3 Å². The Morgan fingerprint density at radius 3 is 2.36 bits per heavy atom. The molecule has 0 unspecified atom stereocenters. The van der Waals surface area contributed by atoms with Crippen LogP contribution in [0.15, 0.2) is 41.3 Å². The van der Waals surface area contributed by atoms with E-state index in [1.165, 1.54) is 18.2 Å². The Kier molecular flexibility index (Phi) is 4.44. The number of carboxylic acid groups (broad SMARTS) is 1. The molecule has 0 spiro atoms. The molecule has 22 heavy (non-hydrogen) atoms. The number of hydrogen-bond acceptors (Lipinski definition) is 3. The molecular weight excluding hydrogens is 326 g/mol.